The van der Waals surface area contributed by atoms with Crippen LogP contribution in [-0.2, 0) is 17.0 Å². The summed E-state index contributed by atoms with van der Waals surface area (Å²) in [5, 5.41) is 12.1. The molecule has 0 unspecified atom stereocenters. The third-order valence-electron chi connectivity index (χ3n) is 2.34. The molecule has 0 rings (SSSR count). The molecule has 0 aromatic rings. The minimum absolute atomic E-state index is 0.250. The standard InChI is InChI=1S/C12H26N.C2H6O.2ClH.Ti/c1-3-5-7-9-11-13-12-10-8-6-4-2;1-2-3;;;/h3-12H2,1-2H3;3H,2H2,1H3;2*1H;/q-1;;;;+2/p-2. The van der Waals surface area contributed by atoms with Crippen molar-refractivity contribution in [2.45, 2.75) is 72.1 Å². The van der Waals surface area contributed by atoms with Crippen molar-refractivity contribution in [3.05, 3.63) is 5.32 Å². The molecule has 0 spiro atoms. The van der Waals surface area contributed by atoms with E-state index in [1.807, 2.05) is 0 Å². The molecule has 0 aliphatic rings. The van der Waals surface area contributed by atoms with Crippen LogP contribution >= 0.6 is 18.6 Å². The van der Waals surface area contributed by atoms with Crippen molar-refractivity contribution in [1.29, 1.82) is 0 Å². The number of hydrogen-bond donors (Lipinski definition) is 1. The molecule has 0 atom stereocenters. The van der Waals surface area contributed by atoms with Gasteiger partial charge in [0.2, 0.25) is 0 Å². The average Bonchev–Trinajstić information content (AvgIpc) is 2.39. The van der Waals surface area contributed by atoms with Crippen LogP contribution in [0.5, 0.6) is 0 Å². The van der Waals surface area contributed by atoms with Crippen LogP contribution in [0.3, 0.4) is 0 Å². The van der Waals surface area contributed by atoms with Crippen molar-refractivity contribution in [3.63, 3.8) is 0 Å². The summed E-state index contributed by atoms with van der Waals surface area (Å²) < 4.78 is 0. The van der Waals surface area contributed by atoms with Crippen LogP contribution in [0.2, 0.25) is 0 Å². The van der Waals surface area contributed by atoms with E-state index in [0.717, 1.165) is 13.1 Å². The molecule has 0 bridgehead atoms. The topological polar surface area (TPSA) is 34.3 Å². The fourth-order valence-electron chi connectivity index (χ4n) is 1.41. The molecule has 0 fully saturated rings. The van der Waals surface area contributed by atoms with Crippen LogP contribution < -0.4 is 0 Å². The number of aliphatic hydroxyl groups is 1. The van der Waals surface area contributed by atoms with Gasteiger partial charge in [-0.1, -0.05) is 65.2 Å². The minimum atomic E-state index is -0.556. The van der Waals surface area contributed by atoms with E-state index in [9.17, 15) is 0 Å². The fraction of sp³-hybridized carbons (Fsp3) is 1.00. The molecular formula is C14H32Cl2NOTi-. The Morgan fingerprint density at radius 2 is 1.11 bits per heavy atom. The van der Waals surface area contributed by atoms with Gasteiger partial charge in [-0.15, -0.1) is 13.1 Å². The van der Waals surface area contributed by atoms with Gasteiger partial charge < -0.3 is 10.4 Å². The zero-order chi connectivity index (χ0) is 15.2. The molecule has 0 aromatic heterocycles. The second-order valence-electron chi connectivity index (χ2n) is 4.18. The molecule has 0 aliphatic heterocycles. The monoisotopic (exact) mass is 348 g/mol. The Hall–Kier alpha value is 1.21. The molecule has 0 saturated heterocycles. The van der Waals surface area contributed by atoms with Crippen molar-refractivity contribution in [2.75, 3.05) is 19.7 Å². The number of halogens is 2. The zero-order valence-corrected chi connectivity index (χ0v) is 16.0. The van der Waals surface area contributed by atoms with Gasteiger partial charge >= 0.3 is 35.6 Å². The van der Waals surface area contributed by atoms with Crippen LogP contribution in [0, 0.1) is 0 Å². The first-order valence-corrected chi connectivity index (χ1v) is 11.7. The molecule has 5 heteroatoms. The zero-order valence-electron chi connectivity index (χ0n) is 12.9. The number of hydrogen-bond acceptors (Lipinski definition) is 1. The van der Waals surface area contributed by atoms with E-state index in [0.29, 0.717) is 0 Å². The van der Waals surface area contributed by atoms with E-state index in [2.05, 4.69) is 19.2 Å². The molecular weight excluding hydrogens is 317 g/mol. The van der Waals surface area contributed by atoms with Crippen molar-refractivity contribution < 1.29 is 22.1 Å². The summed E-state index contributed by atoms with van der Waals surface area (Å²) in [7, 11) is 9.78. The first-order chi connectivity index (χ1) is 9.24. The molecule has 19 heavy (non-hydrogen) atoms. The van der Waals surface area contributed by atoms with E-state index in [4.69, 9.17) is 23.7 Å². The third-order valence-corrected chi connectivity index (χ3v) is 2.34. The van der Waals surface area contributed by atoms with E-state index in [1.165, 1.54) is 51.4 Å². The summed E-state index contributed by atoms with van der Waals surface area (Å²) in [4.78, 5) is 0. The number of rotatable bonds is 10. The quantitative estimate of drug-likeness (QED) is 0.387. The fourth-order valence-corrected chi connectivity index (χ4v) is 1.41. The molecule has 0 radical (unpaired) electrons. The van der Waals surface area contributed by atoms with Crippen LogP contribution in [0.15, 0.2) is 0 Å². The van der Waals surface area contributed by atoms with Gasteiger partial charge in [-0.3, -0.25) is 0 Å². The number of aliphatic hydroxyl groups excluding tert-OH is 1. The molecule has 0 aromatic carbocycles. The van der Waals surface area contributed by atoms with E-state index < -0.39 is 17.0 Å². The maximum atomic E-state index is 7.57. The first-order valence-electron chi connectivity index (χ1n) is 7.45. The summed E-state index contributed by atoms with van der Waals surface area (Å²) in [5.74, 6) is 0. The van der Waals surface area contributed by atoms with Crippen LogP contribution in [0.1, 0.15) is 72.1 Å². The predicted molar refractivity (Wildman–Crippen MR) is 85.8 cm³/mol. The third kappa shape index (κ3) is 45.3. The van der Waals surface area contributed by atoms with Crippen LogP contribution in [0.25, 0.3) is 5.32 Å². The van der Waals surface area contributed by atoms with Crippen LogP contribution in [-0.4, -0.2) is 24.8 Å². The SMILES string of the molecule is CCCCCC[N-]CCCCCC.CCO.[Cl][Ti][Cl]. The maximum absolute atomic E-state index is 7.57. The Morgan fingerprint density at radius 1 is 0.789 bits per heavy atom. The molecule has 0 heterocycles. The van der Waals surface area contributed by atoms with Gasteiger partial charge in [-0.25, -0.2) is 0 Å². The van der Waals surface area contributed by atoms with Gasteiger partial charge in [-0.2, -0.15) is 0 Å². The average molecular weight is 349 g/mol. The van der Waals surface area contributed by atoms with E-state index in [-0.39, 0.29) is 6.61 Å². The van der Waals surface area contributed by atoms with Crippen molar-refractivity contribution in [2.24, 2.45) is 0 Å². The first kappa shape index (κ1) is 25.2. The van der Waals surface area contributed by atoms with Gasteiger partial charge in [-0.05, 0) is 6.92 Å². The van der Waals surface area contributed by atoms with Gasteiger partial charge in [0.25, 0.3) is 0 Å². The normalized spacial score (nSPS) is 8.95. The Balaban J connectivity index is -0.000000360. The Morgan fingerprint density at radius 3 is 1.37 bits per heavy atom. The second kappa shape index (κ2) is 31.5. The Labute approximate surface area is 137 Å². The molecule has 1 N–H and O–H groups in total. The van der Waals surface area contributed by atoms with Crippen molar-refractivity contribution in [1.82, 2.24) is 0 Å². The van der Waals surface area contributed by atoms with E-state index in [1.54, 1.807) is 6.92 Å². The predicted octanol–water partition coefficient (Wildman–Crippen LogP) is 5.90. The Bertz CT molecular complexity index is 110. The summed E-state index contributed by atoms with van der Waals surface area (Å²) in [6.07, 6.45) is 10.8. The van der Waals surface area contributed by atoms with Gasteiger partial charge in [0.1, 0.15) is 0 Å². The van der Waals surface area contributed by atoms with Crippen LogP contribution in [0.4, 0.5) is 0 Å². The molecule has 0 aliphatic carbocycles. The van der Waals surface area contributed by atoms with E-state index >= 15 is 0 Å². The van der Waals surface area contributed by atoms with Gasteiger partial charge in [0.15, 0.2) is 0 Å². The molecule has 118 valence electrons. The number of unbranched alkanes of at least 4 members (excludes halogenated alkanes) is 6. The van der Waals surface area contributed by atoms with Crippen molar-refractivity contribution in [3.8, 4) is 0 Å². The second-order valence-corrected chi connectivity index (χ2v) is 6.76. The molecule has 0 amide bonds. The summed E-state index contributed by atoms with van der Waals surface area (Å²) in [6, 6.07) is 0. The number of nitrogens with zero attached hydrogens (tertiary/aromatic N) is 1. The summed E-state index contributed by atoms with van der Waals surface area (Å²) >= 11 is -0.556. The summed E-state index contributed by atoms with van der Waals surface area (Å²) in [5.41, 5.74) is 0. The molecule has 2 nitrogen and oxygen atoms in total. The van der Waals surface area contributed by atoms with Gasteiger partial charge in [0, 0.05) is 6.61 Å². The van der Waals surface area contributed by atoms with Gasteiger partial charge in [0.05, 0.1) is 0 Å². The Kier molecular flexibility index (Phi) is 41.8. The molecule has 0 saturated carbocycles. The summed E-state index contributed by atoms with van der Waals surface area (Å²) in [6.45, 7) is 8.64. The van der Waals surface area contributed by atoms with Crippen molar-refractivity contribution >= 4 is 18.6 Å².